The van der Waals surface area contributed by atoms with Gasteiger partial charge in [-0.2, -0.15) is 5.26 Å². The van der Waals surface area contributed by atoms with Gasteiger partial charge in [-0.3, -0.25) is 0 Å². The lowest BCUT2D eigenvalue weighted by atomic mass is 10.2. The molecule has 3 heteroatoms. The van der Waals surface area contributed by atoms with E-state index in [2.05, 4.69) is 11.1 Å². The summed E-state index contributed by atoms with van der Waals surface area (Å²) in [4.78, 5) is 4.14. The maximum absolute atomic E-state index is 8.66. The first-order valence-electron chi connectivity index (χ1n) is 4.18. The van der Waals surface area contributed by atoms with Gasteiger partial charge in [0.25, 0.3) is 0 Å². The van der Waals surface area contributed by atoms with E-state index in [0.29, 0.717) is 17.1 Å². The average molecular weight is 176 g/mol. The molecule has 13 heavy (non-hydrogen) atoms. The summed E-state index contributed by atoms with van der Waals surface area (Å²) in [6.45, 7) is 5.68. The highest BCUT2D eigenvalue weighted by atomic mass is 16.5. The van der Waals surface area contributed by atoms with Gasteiger partial charge in [0.15, 0.2) is 0 Å². The first kappa shape index (κ1) is 9.53. The molecule has 0 aliphatic carbocycles. The minimum Gasteiger partial charge on any atom is -0.475 e. The van der Waals surface area contributed by atoms with Gasteiger partial charge < -0.3 is 4.74 Å². The Kier molecular flexibility index (Phi) is 2.86. The molecule has 0 saturated heterocycles. The van der Waals surface area contributed by atoms with E-state index < -0.39 is 0 Å². The van der Waals surface area contributed by atoms with Gasteiger partial charge >= 0.3 is 0 Å². The van der Waals surface area contributed by atoms with Crippen molar-refractivity contribution < 1.29 is 4.74 Å². The van der Waals surface area contributed by atoms with Crippen molar-refractivity contribution in [2.45, 2.75) is 26.9 Å². The van der Waals surface area contributed by atoms with Gasteiger partial charge in [-0.05, 0) is 26.8 Å². The number of ether oxygens (including phenoxy) is 1. The highest BCUT2D eigenvalue weighted by Gasteiger charge is 2.02. The van der Waals surface area contributed by atoms with E-state index in [-0.39, 0.29) is 6.10 Å². The normalized spacial score (nSPS) is 9.77. The predicted molar refractivity (Wildman–Crippen MR) is 49.5 cm³/mol. The molecule has 0 spiro atoms. The van der Waals surface area contributed by atoms with Crippen LogP contribution in [0.5, 0.6) is 5.88 Å². The molecule has 1 aromatic rings. The maximum Gasteiger partial charge on any atom is 0.213 e. The second-order valence-electron chi connectivity index (χ2n) is 3.06. The van der Waals surface area contributed by atoms with Crippen LogP contribution in [0.2, 0.25) is 0 Å². The van der Waals surface area contributed by atoms with Gasteiger partial charge in [0, 0.05) is 6.07 Å². The van der Waals surface area contributed by atoms with Crippen LogP contribution in [0.3, 0.4) is 0 Å². The van der Waals surface area contributed by atoms with E-state index in [1.54, 1.807) is 19.1 Å². The SMILES string of the molecule is Cc1nc(OC(C)C)ccc1C#N. The van der Waals surface area contributed by atoms with E-state index in [4.69, 9.17) is 10.00 Å². The van der Waals surface area contributed by atoms with E-state index in [9.17, 15) is 0 Å². The molecule has 0 radical (unpaired) electrons. The van der Waals surface area contributed by atoms with Crippen molar-refractivity contribution in [2.75, 3.05) is 0 Å². The van der Waals surface area contributed by atoms with Gasteiger partial charge in [0.2, 0.25) is 5.88 Å². The van der Waals surface area contributed by atoms with Crippen LogP contribution < -0.4 is 4.74 Å². The second-order valence-corrected chi connectivity index (χ2v) is 3.06. The van der Waals surface area contributed by atoms with Gasteiger partial charge in [-0.25, -0.2) is 4.98 Å². The molecule has 1 heterocycles. The molecule has 0 unspecified atom stereocenters. The standard InChI is InChI=1S/C10H12N2O/c1-7(2)13-10-5-4-9(6-11)8(3)12-10/h4-5,7H,1-3H3. The van der Waals surface area contributed by atoms with E-state index in [1.807, 2.05) is 13.8 Å². The molecule has 68 valence electrons. The number of hydrogen-bond donors (Lipinski definition) is 0. The van der Waals surface area contributed by atoms with Crippen LogP contribution in [0, 0.1) is 18.3 Å². The summed E-state index contributed by atoms with van der Waals surface area (Å²) in [6.07, 6.45) is 0.111. The lowest BCUT2D eigenvalue weighted by molar-refractivity contribution is 0.232. The molecule has 0 aliphatic rings. The maximum atomic E-state index is 8.66. The van der Waals surface area contributed by atoms with Crippen LogP contribution in [0.25, 0.3) is 0 Å². The fourth-order valence-electron chi connectivity index (χ4n) is 0.963. The molecule has 0 N–H and O–H groups in total. The third-order valence-corrected chi connectivity index (χ3v) is 1.54. The highest BCUT2D eigenvalue weighted by Crippen LogP contribution is 2.12. The summed E-state index contributed by atoms with van der Waals surface area (Å²) < 4.78 is 5.37. The van der Waals surface area contributed by atoms with Crippen LogP contribution in [0.4, 0.5) is 0 Å². The van der Waals surface area contributed by atoms with E-state index >= 15 is 0 Å². The summed E-state index contributed by atoms with van der Waals surface area (Å²) in [6, 6.07) is 5.49. The number of aryl methyl sites for hydroxylation is 1. The lowest BCUT2D eigenvalue weighted by Crippen LogP contribution is -2.07. The number of hydrogen-bond acceptors (Lipinski definition) is 3. The van der Waals surface area contributed by atoms with E-state index in [0.717, 1.165) is 0 Å². The third kappa shape index (κ3) is 2.45. The minimum atomic E-state index is 0.111. The quantitative estimate of drug-likeness (QED) is 0.692. The highest BCUT2D eigenvalue weighted by molar-refractivity contribution is 5.34. The van der Waals surface area contributed by atoms with Crippen molar-refractivity contribution >= 4 is 0 Å². The molecule has 0 atom stereocenters. The smallest absolute Gasteiger partial charge is 0.213 e. The number of nitrogens with zero attached hydrogens (tertiary/aromatic N) is 2. The number of pyridine rings is 1. The van der Waals surface area contributed by atoms with Crippen molar-refractivity contribution in [3.05, 3.63) is 23.4 Å². The molecular formula is C10H12N2O. The van der Waals surface area contributed by atoms with Gasteiger partial charge in [-0.1, -0.05) is 0 Å². The Labute approximate surface area is 78.0 Å². The fraction of sp³-hybridized carbons (Fsp3) is 0.400. The second kappa shape index (κ2) is 3.90. The molecule has 0 saturated carbocycles. The molecule has 1 rings (SSSR count). The molecule has 1 aromatic heterocycles. The van der Waals surface area contributed by atoms with Gasteiger partial charge in [0.05, 0.1) is 17.4 Å². The summed E-state index contributed by atoms with van der Waals surface area (Å²) in [7, 11) is 0. The Morgan fingerprint density at radius 1 is 1.46 bits per heavy atom. The molecular weight excluding hydrogens is 164 g/mol. The third-order valence-electron chi connectivity index (χ3n) is 1.54. The zero-order valence-corrected chi connectivity index (χ0v) is 8.03. The predicted octanol–water partition coefficient (Wildman–Crippen LogP) is 2.05. The zero-order chi connectivity index (χ0) is 9.84. The van der Waals surface area contributed by atoms with Crippen LogP contribution in [0.15, 0.2) is 12.1 Å². The fourth-order valence-corrected chi connectivity index (χ4v) is 0.963. The summed E-state index contributed by atoms with van der Waals surface area (Å²) in [5.74, 6) is 0.575. The number of nitriles is 1. The van der Waals surface area contributed by atoms with Crippen molar-refractivity contribution in [3.63, 3.8) is 0 Å². The van der Waals surface area contributed by atoms with Crippen molar-refractivity contribution in [3.8, 4) is 11.9 Å². The summed E-state index contributed by atoms with van der Waals surface area (Å²) >= 11 is 0. The average Bonchev–Trinajstić information content (AvgIpc) is 2.03. The topological polar surface area (TPSA) is 45.9 Å². The monoisotopic (exact) mass is 176 g/mol. The zero-order valence-electron chi connectivity index (χ0n) is 8.03. The summed E-state index contributed by atoms with van der Waals surface area (Å²) in [5, 5.41) is 8.66. The van der Waals surface area contributed by atoms with Gasteiger partial charge in [-0.15, -0.1) is 0 Å². The van der Waals surface area contributed by atoms with Crippen molar-refractivity contribution in [1.29, 1.82) is 5.26 Å². The first-order valence-corrected chi connectivity index (χ1v) is 4.18. The largest absolute Gasteiger partial charge is 0.475 e. The first-order chi connectivity index (χ1) is 6.13. The molecule has 3 nitrogen and oxygen atoms in total. The Balaban J connectivity index is 2.91. The number of aromatic nitrogens is 1. The summed E-state index contributed by atoms with van der Waals surface area (Å²) in [5.41, 5.74) is 1.30. The molecule has 0 amide bonds. The van der Waals surface area contributed by atoms with Crippen LogP contribution in [0.1, 0.15) is 25.1 Å². The van der Waals surface area contributed by atoms with Crippen molar-refractivity contribution in [2.24, 2.45) is 0 Å². The van der Waals surface area contributed by atoms with Crippen molar-refractivity contribution in [1.82, 2.24) is 4.98 Å². The number of rotatable bonds is 2. The van der Waals surface area contributed by atoms with E-state index in [1.165, 1.54) is 0 Å². The van der Waals surface area contributed by atoms with Crippen LogP contribution in [-0.4, -0.2) is 11.1 Å². The molecule has 0 fully saturated rings. The Morgan fingerprint density at radius 3 is 2.62 bits per heavy atom. The lowest BCUT2D eigenvalue weighted by Gasteiger charge is -2.08. The Hall–Kier alpha value is -1.56. The van der Waals surface area contributed by atoms with Crippen LogP contribution in [-0.2, 0) is 0 Å². The minimum absolute atomic E-state index is 0.111. The Bertz CT molecular complexity index is 339. The molecule has 0 bridgehead atoms. The molecule has 0 aliphatic heterocycles. The van der Waals surface area contributed by atoms with Gasteiger partial charge in [0.1, 0.15) is 6.07 Å². The molecule has 0 aromatic carbocycles. The Morgan fingerprint density at radius 2 is 2.15 bits per heavy atom. The van der Waals surface area contributed by atoms with Crippen LogP contribution >= 0.6 is 0 Å².